The molecule has 0 atom stereocenters. The molecule has 0 aliphatic carbocycles. The number of fused-ring (bicyclic) bond motifs is 1. The second-order valence-corrected chi connectivity index (χ2v) is 8.95. The zero-order valence-electron chi connectivity index (χ0n) is 20.3. The van der Waals surface area contributed by atoms with Crippen molar-refractivity contribution >= 4 is 35.0 Å². The highest BCUT2D eigenvalue weighted by Crippen LogP contribution is 2.27. The molecule has 4 rings (SSSR count). The number of benzene rings is 3. The highest BCUT2D eigenvalue weighted by atomic mass is 16.5. The molecule has 0 fully saturated rings. The Morgan fingerprint density at radius 3 is 2.00 bits per heavy atom. The van der Waals surface area contributed by atoms with E-state index in [0.717, 1.165) is 0 Å². The SMILES string of the molecule is COc1ccc(CN2C(=O)c3ccccc3C2=O)cc1C(=O)Nc1ccc(NC(=O)CC(C)C)cc1. The number of methoxy groups -OCH3 is 1. The van der Waals surface area contributed by atoms with Gasteiger partial charge in [0.15, 0.2) is 0 Å². The van der Waals surface area contributed by atoms with Gasteiger partial charge in [-0.1, -0.05) is 32.0 Å². The molecular formula is C28H27N3O5. The van der Waals surface area contributed by atoms with Crippen molar-refractivity contribution in [1.82, 2.24) is 4.90 Å². The van der Waals surface area contributed by atoms with Crippen molar-refractivity contribution in [3.63, 3.8) is 0 Å². The van der Waals surface area contributed by atoms with Gasteiger partial charge in [-0.2, -0.15) is 0 Å². The van der Waals surface area contributed by atoms with E-state index in [-0.39, 0.29) is 35.7 Å². The molecule has 3 aromatic rings. The maximum Gasteiger partial charge on any atom is 0.261 e. The van der Waals surface area contributed by atoms with E-state index in [2.05, 4.69) is 10.6 Å². The number of rotatable bonds is 8. The summed E-state index contributed by atoms with van der Waals surface area (Å²) in [6.07, 6.45) is 0.426. The Bertz CT molecular complexity index is 1300. The van der Waals surface area contributed by atoms with Crippen LogP contribution in [-0.4, -0.2) is 35.6 Å². The highest BCUT2D eigenvalue weighted by Gasteiger charge is 2.35. The minimum Gasteiger partial charge on any atom is -0.496 e. The third kappa shape index (κ3) is 5.27. The average molecular weight is 486 g/mol. The zero-order chi connectivity index (χ0) is 25.8. The fraction of sp³-hybridized carbons (Fsp3) is 0.214. The van der Waals surface area contributed by atoms with Crippen molar-refractivity contribution in [2.75, 3.05) is 17.7 Å². The minimum atomic E-state index is -0.410. The van der Waals surface area contributed by atoms with Crippen LogP contribution in [0.5, 0.6) is 5.75 Å². The number of hydrogen-bond acceptors (Lipinski definition) is 5. The van der Waals surface area contributed by atoms with Crippen LogP contribution < -0.4 is 15.4 Å². The van der Waals surface area contributed by atoms with E-state index in [1.165, 1.54) is 12.0 Å². The summed E-state index contributed by atoms with van der Waals surface area (Å²) in [5.41, 5.74) is 2.80. The van der Waals surface area contributed by atoms with Gasteiger partial charge < -0.3 is 15.4 Å². The quantitative estimate of drug-likeness (QED) is 0.449. The summed E-state index contributed by atoms with van der Waals surface area (Å²) in [5, 5.41) is 5.65. The summed E-state index contributed by atoms with van der Waals surface area (Å²) in [6.45, 7) is 3.98. The summed E-state index contributed by atoms with van der Waals surface area (Å²) in [6, 6.07) is 18.5. The number of nitrogens with one attached hydrogen (secondary N) is 2. The molecule has 8 nitrogen and oxygen atoms in total. The molecule has 0 spiro atoms. The van der Waals surface area contributed by atoms with Crippen LogP contribution in [0.25, 0.3) is 0 Å². The molecule has 0 saturated heterocycles. The topological polar surface area (TPSA) is 105 Å². The van der Waals surface area contributed by atoms with Crippen molar-refractivity contribution in [3.8, 4) is 5.75 Å². The van der Waals surface area contributed by atoms with Crippen molar-refractivity contribution in [1.29, 1.82) is 0 Å². The van der Waals surface area contributed by atoms with E-state index < -0.39 is 5.91 Å². The Labute approximate surface area is 209 Å². The van der Waals surface area contributed by atoms with Gasteiger partial charge in [0.2, 0.25) is 5.91 Å². The zero-order valence-corrected chi connectivity index (χ0v) is 20.3. The van der Waals surface area contributed by atoms with E-state index in [4.69, 9.17) is 4.74 Å². The van der Waals surface area contributed by atoms with Gasteiger partial charge in [0.25, 0.3) is 17.7 Å². The van der Waals surface area contributed by atoms with Gasteiger partial charge in [0, 0.05) is 17.8 Å². The van der Waals surface area contributed by atoms with E-state index >= 15 is 0 Å². The molecule has 2 N–H and O–H groups in total. The largest absolute Gasteiger partial charge is 0.496 e. The van der Waals surface area contributed by atoms with Crippen LogP contribution in [0.4, 0.5) is 11.4 Å². The molecule has 0 radical (unpaired) electrons. The van der Waals surface area contributed by atoms with Crippen molar-refractivity contribution in [3.05, 3.63) is 89.0 Å². The lowest BCUT2D eigenvalue weighted by molar-refractivity contribution is -0.116. The number of carbonyl (C=O) groups is 4. The first-order valence-electron chi connectivity index (χ1n) is 11.6. The van der Waals surface area contributed by atoms with Gasteiger partial charge in [0.05, 0.1) is 30.3 Å². The van der Waals surface area contributed by atoms with Crippen LogP contribution in [0, 0.1) is 5.92 Å². The summed E-state index contributed by atoms with van der Waals surface area (Å²) >= 11 is 0. The first-order chi connectivity index (χ1) is 17.3. The van der Waals surface area contributed by atoms with Gasteiger partial charge in [-0.15, -0.1) is 0 Å². The summed E-state index contributed by atoms with van der Waals surface area (Å²) in [7, 11) is 1.46. The number of imide groups is 1. The standard InChI is InChI=1S/C28H27N3O5/c1-17(2)14-25(32)29-19-9-11-20(12-10-19)30-26(33)23-15-18(8-13-24(23)36-3)16-31-27(34)21-6-4-5-7-22(21)28(31)35/h4-13,15,17H,14,16H2,1-3H3,(H,29,32)(H,30,33). The van der Waals surface area contributed by atoms with E-state index in [9.17, 15) is 19.2 Å². The summed E-state index contributed by atoms with van der Waals surface area (Å²) in [5.74, 6) is -0.590. The van der Waals surface area contributed by atoms with Crippen LogP contribution in [-0.2, 0) is 11.3 Å². The molecule has 1 aliphatic heterocycles. The van der Waals surface area contributed by atoms with Gasteiger partial charge in [-0.3, -0.25) is 24.1 Å². The maximum atomic E-state index is 13.1. The average Bonchev–Trinajstić information content (AvgIpc) is 3.09. The molecule has 3 aromatic carbocycles. The Kier molecular flexibility index (Phi) is 7.15. The normalized spacial score (nSPS) is 12.5. The van der Waals surface area contributed by atoms with Crippen LogP contribution >= 0.6 is 0 Å². The first-order valence-corrected chi connectivity index (χ1v) is 11.6. The van der Waals surface area contributed by atoms with Crippen LogP contribution in [0.2, 0.25) is 0 Å². The Morgan fingerprint density at radius 2 is 1.44 bits per heavy atom. The fourth-order valence-electron chi connectivity index (χ4n) is 4.01. The van der Waals surface area contributed by atoms with Crippen molar-refractivity contribution < 1.29 is 23.9 Å². The predicted molar refractivity (Wildman–Crippen MR) is 136 cm³/mol. The first kappa shape index (κ1) is 24.7. The lowest BCUT2D eigenvalue weighted by Gasteiger charge is -2.16. The van der Waals surface area contributed by atoms with E-state index in [0.29, 0.717) is 40.2 Å². The number of amides is 4. The van der Waals surface area contributed by atoms with Gasteiger partial charge in [-0.25, -0.2) is 0 Å². The van der Waals surface area contributed by atoms with E-state index in [1.807, 2.05) is 13.8 Å². The molecule has 1 heterocycles. The van der Waals surface area contributed by atoms with E-state index in [1.54, 1.807) is 66.7 Å². The Hall–Kier alpha value is -4.46. The Morgan fingerprint density at radius 1 is 0.861 bits per heavy atom. The van der Waals surface area contributed by atoms with Gasteiger partial charge in [0.1, 0.15) is 5.75 Å². The molecule has 0 saturated carbocycles. The number of carbonyl (C=O) groups excluding carboxylic acids is 4. The molecular weight excluding hydrogens is 458 g/mol. The second kappa shape index (κ2) is 10.4. The van der Waals surface area contributed by atoms with Gasteiger partial charge >= 0.3 is 0 Å². The lowest BCUT2D eigenvalue weighted by Crippen LogP contribution is -2.29. The molecule has 0 aromatic heterocycles. The molecule has 0 unspecified atom stereocenters. The summed E-state index contributed by atoms with van der Waals surface area (Å²) < 4.78 is 5.36. The Balaban J connectivity index is 1.47. The molecule has 0 bridgehead atoms. The smallest absolute Gasteiger partial charge is 0.261 e. The lowest BCUT2D eigenvalue weighted by atomic mass is 10.1. The number of anilines is 2. The second-order valence-electron chi connectivity index (χ2n) is 8.95. The maximum absolute atomic E-state index is 13.1. The molecule has 4 amide bonds. The molecule has 36 heavy (non-hydrogen) atoms. The molecule has 184 valence electrons. The van der Waals surface area contributed by atoms with Gasteiger partial charge in [-0.05, 0) is 60.0 Å². The van der Waals surface area contributed by atoms with Crippen LogP contribution in [0.1, 0.15) is 56.9 Å². The third-order valence-corrected chi connectivity index (χ3v) is 5.75. The minimum absolute atomic E-state index is 0.0292. The van der Waals surface area contributed by atoms with Crippen molar-refractivity contribution in [2.45, 2.75) is 26.8 Å². The van der Waals surface area contributed by atoms with Crippen LogP contribution in [0.3, 0.4) is 0 Å². The molecule has 8 heteroatoms. The number of ether oxygens (including phenoxy) is 1. The predicted octanol–water partition coefficient (Wildman–Crippen LogP) is 4.73. The fourth-order valence-corrected chi connectivity index (χ4v) is 4.01. The third-order valence-electron chi connectivity index (χ3n) is 5.75. The number of nitrogens with zero attached hydrogens (tertiary/aromatic N) is 1. The molecule has 1 aliphatic rings. The van der Waals surface area contributed by atoms with Crippen molar-refractivity contribution in [2.24, 2.45) is 5.92 Å². The number of hydrogen-bond donors (Lipinski definition) is 2. The van der Waals surface area contributed by atoms with Crippen LogP contribution in [0.15, 0.2) is 66.7 Å². The monoisotopic (exact) mass is 485 g/mol. The highest BCUT2D eigenvalue weighted by molar-refractivity contribution is 6.21. The summed E-state index contributed by atoms with van der Waals surface area (Å²) in [4.78, 5) is 51.6.